The van der Waals surface area contributed by atoms with Gasteiger partial charge in [-0.3, -0.25) is 9.69 Å². The van der Waals surface area contributed by atoms with E-state index in [0.717, 1.165) is 46.6 Å². The number of nitrogens with zero attached hydrogens (tertiary/aromatic N) is 7. The summed E-state index contributed by atoms with van der Waals surface area (Å²) in [5, 5.41) is 12.5. The van der Waals surface area contributed by atoms with Gasteiger partial charge in [0.1, 0.15) is 29.3 Å². The standard InChI is InChI=1S/C27H36N8O3/c1-19-16-20(2)30-26(29-19)34-11-8-27(9-12-34)25(36)28-10-13-35(27)18-23-24(32-33(3)31-23)21-6-5-7-22(17-21)38-15-14-37-4/h5-7,16-17H,8-15,18H2,1-4H3,(H,28,36). The molecule has 1 N–H and O–H groups in total. The highest BCUT2D eigenvalue weighted by molar-refractivity contribution is 5.87. The maximum atomic E-state index is 13.4. The number of carbonyl (C=O) groups is 1. The maximum absolute atomic E-state index is 13.4. The topological polar surface area (TPSA) is 111 Å². The van der Waals surface area contributed by atoms with Crippen LogP contribution in [-0.2, 0) is 23.1 Å². The number of rotatable bonds is 8. The number of hydrogen-bond acceptors (Lipinski definition) is 9. The van der Waals surface area contributed by atoms with Crippen LogP contribution in [0.15, 0.2) is 30.3 Å². The van der Waals surface area contributed by atoms with Crippen LogP contribution < -0.4 is 15.0 Å². The summed E-state index contributed by atoms with van der Waals surface area (Å²) in [7, 11) is 3.48. The lowest BCUT2D eigenvalue weighted by Gasteiger charge is -2.49. The van der Waals surface area contributed by atoms with E-state index >= 15 is 0 Å². The normalized spacial score (nSPS) is 17.6. The molecule has 2 aliphatic heterocycles. The molecule has 2 aromatic heterocycles. The van der Waals surface area contributed by atoms with Gasteiger partial charge in [0.15, 0.2) is 0 Å². The van der Waals surface area contributed by atoms with Gasteiger partial charge in [-0.1, -0.05) is 12.1 Å². The highest BCUT2D eigenvalue weighted by Gasteiger charge is 2.48. The number of aromatic nitrogens is 5. The van der Waals surface area contributed by atoms with Crippen LogP contribution in [0.1, 0.15) is 29.9 Å². The minimum Gasteiger partial charge on any atom is -0.491 e. The van der Waals surface area contributed by atoms with E-state index in [4.69, 9.17) is 14.6 Å². The van der Waals surface area contributed by atoms with E-state index in [9.17, 15) is 4.79 Å². The number of anilines is 1. The third-order valence-corrected chi connectivity index (χ3v) is 7.33. The van der Waals surface area contributed by atoms with Crippen LogP contribution in [0.2, 0.25) is 0 Å². The molecule has 2 aliphatic rings. The molecule has 5 rings (SSSR count). The third kappa shape index (κ3) is 5.34. The van der Waals surface area contributed by atoms with Gasteiger partial charge in [0.25, 0.3) is 0 Å². The van der Waals surface area contributed by atoms with Crippen molar-refractivity contribution in [2.45, 2.75) is 38.8 Å². The van der Waals surface area contributed by atoms with Crippen molar-refractivity contribution in [1.82, 2.24) is 35.2 Å². The minimum absolute atomic E-state index is 0.0868. The lowest BCUT2D eigenvalue weighted by atomic mass is 9.83. The molecule has 1 aromatic carbocycles. The molecule has 11 heteroatoms. The van der Waals surface area contributed by atoms with E-state index in [-0.39, 0.29) is 5.91 Å². The van der Waals surface area contributed by atoms with Crippen LogP contribution in [0.25, 0.3) is 11.3 Å². The first kappa shape index (κ1) is 26.1. The first-order chi connectivity index (χ1) is 18.4. The van der Waals surface area contributed by atoms with Crippen molar-refractivity contribution in [1.29, 1.82) is 0 Å². The smallest absolute Gasteiger partial charge is 0.240 e. The van der Waals surface area contributed by atoms with Crippen molar-refractivity contribution in [2.24, 2.45) is 7.05 Å². The Balaban J connectivity index is 1.36. The lowest BCUT2D eigenvalue weighted by Crippen LogP contribution is -2.67. The van der Waals surface area contributed by atoms with Gasteiger partial charge in [0.05, 0.1) is 6.61 Å². The number of aryl methyl sites for hydroxylation is 3. The van der Waals surface area contributed by atoms with Gasteiger partial charge >= 0.3 is 0 Å². The lowest BCUT2D eigenvalue weighted by molar-refractivity contribution is -0.140. The molecule has 0 unspecified atom stereocenters. The number of hydrogen-bond donors (Lipinski definition) is 1. The molecular weight excluding hydrogens is 484 g/mol. The van der Waals surface area contributed by atoms with Crippen LogP contribution in [0.5, 0.6) is 5.75 Å². The molecule has 4 heterocycles. The Morgan fingerprint density at radius 1 is 1.03 bits per heavy atom. The fraction of sp³-hybridized carbons (Fsp3) is 0.519. The number of piperazine rings is 1. The van der Waals surface area contributed by atoms with E-state index in [0.29, 0.717) is 52.2 Å². The summed E-state index contributed by atoms with van der Waals surface area (Å²) in [6, 6.07) is 9.84. The molecule has 1 amide bonds. The third-order valence-electron chi connectivity index (χ3n) is 7.33. The van der Waals surface area contributed by atoms with E-state index in [1.54, 1.807) is 11.9 Å². The SMILES string of the molecule is COCCOc1cccc(-c2nn(C)nc2CN2CCNC(=O)C23CCN(c2nc(C)cc(C)n2)CC3)c1. The van der Waals surface area contributed by atoms with E-state index in [1.165, 1.54) is 0 Å². The number of amides is 1. The van der Waals surface area contributed by atoms with Crippen molar-refractivity contribution in [3.8, 4) is 17.0 Å². The Hall–Kier alpha value is -3.57. The molecule has 202 valence electrons. The van der Waals surface area contributed by atoms with Gasteiger partial charge in [-0.05, 0) is 44.9 Å². The first-order valence-electron chi connectivity index (χ1n) is 13.1. The molecule has 0 bridgehead atoms. The Labute approximate surface area is 223 Å². The van der Waals surface area contributed by atoms with Gasteiger partial charge in [0, 0.05) is 63.8 Å². The Bertz CT molecular complexity index is 1260. The molecule has 38 heavy (non-hydrogen) atoms. The predicted molar refractivity (Wildman–Crippen MR) is 143 cm³/mol. The highest BCUT2D eigenvalue weighted by Crippen LogP contribution is 2.35. The summed E-state index contributed by atoms with van der Waals surface area (Å²) in [6.45, 7) is 8.29. The van der Waals surface area contributed by atoms with Crippen LogP contribution >= 0.6 is 0 Å². The average molecular weight is 521 g/mol. The zero-order chi connectivity index (χ0) is 26.7. The van der Waals surface area contributed by atoms with Crippen molar-refractivity contribution < 1.29 is 14.3 Å². The van der Waals surface area contributed by atoms with Gasteiger partial charge in [-0.2, -0.15) is 15.0 Å². The second-order valence-corrected chi connectivity index (χ2v) is 10.0. The highest BCUT2D eigenvalue weighted by atomic mass is 16.5. The Morgan fingerprint density at radius 2 is 1.79 bits per heavy atom. The largest absolute Gasteiger partial charge is 0.491 e. The Morgan fingerprint density at radius 3 is 2.53 bits per heavy atom. The molecule has 3 aromatic rings. The van der Waals surface area contributed by atoms with E-state index in [1.807, 2.05) is 51.2 Å². The summed E-state index contributed by atoms with van der Waals surface area (Å²) >= 11 is 0. The second kappa shape index (κ2) is 11.0. The van der Waals surface area contributed by atoms with E-state index in [2.05, 4.69) is 30.2 Å². The summed E-state index contributed by atoms with van der Waals surface area (Å²) in [5.74, 6) is 1.58. The van der Waals surface area contributed by atoms with E-state index < -0.39 is 5.54 Å². The molecule has 2 fully saturated rings. The van der Waals surface area contributed by atoms with Crippen LogP contribution in [-0.4, -0.2) is 87.8 Å². The average Bonchev–Trinajstić information content (AvgIpc) is 3.27. The molecule has 0 atom stereocenters. The molecule has 1 spiro atoms. The number of methoxy groups -OCH3 is 1. The number of carbonyl (C=O) groups excluding carboxylic acids is 1. The maximum Gasteiger partial charge on any atom is 0.240 e. The molecule has 0 radical (unpaired) electrons. The molecule has 11 nitrogen and oxygen atoms in total. The quantitative estimate of drug-likeness (QED) is 0.445. The summed E-state index contributed by atoms with van der Waals surface area (Å²) in [6.07, 6.45) is 1.38. The fourth-order valence-electron chi connectivity index (χ4n) is 5.46. The van der Waals surface area contributed by atoms with Crippen molar-refractivity contribution in [3.63, 3.8) is 0 Å². The summed E-state index contributed by atoms with van der Waals surface area (Å²) in [4.78, 5) is 28.7. The minimum atomic E-state index is -0.604. The fourth-order valence-corrected chi connectivity index (χ4v) is 5.46. The zero-order valence-electron chi connectivity index (χ0n) is 22.6. The van der Waals surface area contributed by atoms with Crippen LogP contribution in [0, 0.1) is 13.8 Å². The number of nitrogens with one attached hydrogen (secondary N) is 1. The monoisotopic (exact) mass is 520 g/mol. The van der Waals surface area contributed by atoms with Crippen LogP contribution in [0.4, 0.5) is 5.95 Å². The number of ether oxygens (including phenoxy) is 2. The van der Waals surface area contributed by atoms with Crippen molar-refractivity contribution in [3.05, 3.63) is 47.4 Å². The van der Waals surface area contributed by atoms with Gasteiger partial charge < -0.3 is 19.7 Å². The predicted octanol–water partition coefficient (Wildman–Crippen LogP) is 1.89. The van der Waals surface area contributed by atoms with Gasteiger partial charge in [0.2, 0.25) is 11.9 Å². The van der Waals surface area contributed by atoms with Crippen molar-refractivity contribution >= 4 is 11.9 Å². The molecular formula is C27H36N8O3. The number of piperidine rings is 1. The summed E-state index contributed by atoms with van der Waals surface area (Å²) in [5.41, 5.74) is 3.87. The molecule has 0 saturated carbocycles. The first-order valence-corrected chi connectivity index (χ1v) is 13.1. The zero-order valence-corrected chi connectivity index (χ0v) is 22.6. The number of benzene rings is 1. The van der Waals surface area contributed by atoms with Crippen LogP contribution in [0.3, 0.4) is 0 Å². The summed E-state index contributed by atoms with van der Waals surface area (Å²) < 4.78 is 10.9. The molecule has 0 aliphatic carbocycles. The second-order valence-electron chi connectivity index (χ2n) is 10.0. The Kier molecular flexibility index (Phi) is 7.57. The molecule has 2 saturated heterocycles. The van der Waals surface area contributed by atoms with Gasteiger partial charge in [-0.15, -0.1) is 0 Å². The van der Waals surface area contributed by atoms with Crippen molar-refractivity contribution in [2.75, 3.05) is 51.4 Å². The van der Waals surface area contributed by atoms with Gasteiger partial charge in [-0.25, -0.2) is 9.97 Å².